The van der Waals surface area contributed by atoms with Crippen molar-refractivity contribution in [3.05, 3.63) is 125 Å². The Morgan fingerprint density at radius 3 is 2.09 bits per heavy atom. The summed E-state index contributed by atoms with van der Waals surface area (Å²) in [4.78, 5) is 13.7. The maximum Gasteiger partial charge on any atom is 0.262 e. The second-order valence-electron chi connectivity index (χ2n) is 7.77. The van der Waals surface area contributed by atoms with Crippen molar-refractivity contribution in [3.8, 4) is 28.5 Å². The molecule has 0 aliphatic heterocycles. The monoisotopic (exact) mass is 433 g/mol. The van der Waals surface area contributed by atoms with Gasteiger partial charge in [-0.25, -0.2) is 0 Å². The van der Waals surface area contributed by atoms with Crippen molar-refractivity contribution in [3.63, 3.8) is 0 Å². The molecule has 5 aromatic rings. The lowest BCUT2D eigenvalue weighted by Gasteiger charge is -2.17. The molecule has 0 aliphatic carbocycles. The van der Waals surface area contributed by atoms with E-state index in [4.69, 9.17) is 9.47 Å². The zero-order chi connectivity index (χ0) is 22.6. The van der Waals surface area contributed by atoms with Gasteiger partial charge in [-0.3, -0.25) is 4.79 Å². The minimum Gasteiger partial charge on any atom is -0.496 e. The average Bonchev–Trinajstić information content (AvgIpc) is 2.87. The highest BCUT2D eigenvalue weighted by Crippen LogP contribution is 2.30. The molecule has 5 rings (SSSR count). The molecule has 0 aliphatic rings. The first-order valence-corrected chi connectivity index (χ1v) is 10.8. The number of hydrogen-bond donors (Lipinski definition) is 0. The second-order valence-corrected chi connectivity index (χ2v) is 7.77. The third-order valence-electron chi connectivity index (χ3n) is 5.63. The van der Waals surface area contributed by atoms with Crippen molar-refractivity contribution in [1.29, 1.82) is 0 Å². The number of rotatable bonds is 6. The Balaban J connectivity index is 1.62. The van der Waals surface area contributed by atoms with Crippen LogP contribution in [-0.4, -0.2) is 11.7 Å². The van der Waals surface area contributed by atoms with Gasteiger partial charge in [-0.2, -0.15) is 0 Å². The van der Waals surface area contributed by atoms with Gasteiger partial charge < -0.3 is 14.0 Å². The van der Waals surface area contributed by atoms with E-state index >= 15 is 0 Å². The standard InChI is InChI=1S/C29H23NO3/c1-32-27-14-8-11-23-19-26(30(29(31)28(23)27)20-21-9-4-2-5-10-21)22-15-17-25(18-16-22)33-24-12-6-3-7-13-24/h2-19H,20H2,1H3. The lowest BCUT2D eigenvalue weighted by Crippen LogP contribution is -2.23. The van der Waals surface area contributed by atoms with E-state index < -0.39 is 0 Å². The van der Waals surface area contributed by atoms with Gasteiger partial charge in [0.2, 0.25) is 0 Å². The Hall–Kier alpha value is -4.31. The molecule has 4 nitrogen and oxygen atoms in total. The summed E-state index contributed by atoms with van der Waals surface area (Å²) in [5, 5.41) is 1.44. The Morgan fingerprint density at radius 2 is 1.39 bits per heavy atom. The van der Waals surface area contributed by atoms with Gasteiger partial charge in [0.05, 0.1) is 24.7 Å². The third-order valence-corrected chi connectivity index (χ3v) is 5.63. The molecule has 33 heavy (non-hydrogen) atoms. The number of nitrogens with zero attached hydrogens (tertiary/aromatic N) is 1. The maximum absolute atomic E-state index is 13.7. The zero-order valence-electron chi connectivity index (χ0n) is 18.3. The Bertz CT molecular complexity index is 1440. The van der Waals surface area contributed by atoms with E-state index in [2.05, 4.69) is 6.07 Å². The number of hydrogen-bond acceptors (Lipinski definition) is 3. The van der Waals surface area contributed by atoms with Gasteiger partial charge in [0, 0.05) is 0 Å². The van der Waals surface area contributed by atoms with Crippen molar-refractivity contribution in [1.82, 2.24) is 4.57 Å². The van der Waals surface area contributed by atoms with E-state index in [1.54, 1.807) is 7.11 Å². The van der Waals surface area contributed by atoms with Crippen molar-refractivity contribution >= 4 is 10.8 Å². The highest BCUT2D eigenvalue weighted by Gasteiger charge is 2.15. The van der Waals surface area contributed by atoms with Crippen LogP contribution < -0.4 is 15.0 Å². The number of benzene rings is 4. The van der Waals surface area contributed by atoms with E-state index in [0.717, 1.165) is 33.7 Å². The normalized spacial score (nSPS) is 10.8. The highest BCUT2D eigenvalue weighted by atomic mass is 16.5. The summed E-state index contributed by atoms with van der Waals surface area (Å²) in [7, 11) is 1.59. The Morgan fingerprint density at radius 1 is 0.727 bits per heavy atom. The predicted octanol–water partition coefficient (Wildman–Crippen LogP) is 6.52. The average molecular weight is 434 g/mol. The first kappa shape index (κ1) is 20.6. The number of ether oxygens (including phenoxy) is 2. The molecule has 1 aromatic heterocycles. The summed E-state index contributed by atoms with van der Waals surface area (Å²) in [6, 6.07) is 35.2. The van der Waals surface area contributed by atoms with Crippen LogP contribution in [0.5, 0.6) is 17.2 Å². The summed E-state index contributed by atoms with van der Waals surface area (Å²) in [6.45, 7) is 0.464. The summed E-state index contributed by atoms with van der Waals surface area (Å²) >= 11 is 0. The van der Waals surface area contributed by atoms with Crippen molar-refractivity contribution in [2.75, 3.05) is 7.11 Å². The van der Waals surface area contributed by atoms with E-state index in [1.807, 2.05) is 108 Å². The zero-order valence-corrected chi connectivity index (χ0v) is 18.3. The molecule has 0 saturated carbocycles. The van der Waals surface area contributed by atoms with Gasteiger partial charge in [0.1, 0.15) is 17.2 Å². The number of para-hydroxylation sites is 1. The summed E-state index contributed by atoms with van der Waals surface area (Å²) < 4.78 is 13.2. The fourth-order valence-electron chi connectivity index (χ4n) is 4.02. The molecule has 0 saturated heterocycles. The molecule has 0 fully saturated rings. The smallest absolute Gasteiger partial charge is 0.262 e. The largest absolute Gasteiger partial charge is 0.496 e. The fourth-order valence-corrected chi connectivity index (χ4v) is 4.02. The third kappa shape index (κ3) is 4.23. The number of pyridine rings is 1. The quantitative estimate of drug-likeness (QED) is 0.306. The summed E-state index contributed by atoms with van der Waals surface area (Å²) in [5.41, 5.74) is 2.76. The van der Waals surface area contributed by atoms with Crippen LogP contribution in [0.4, 0.5) is 0 Å². The second kappa shape index (κ2) is 9.05. The van der Waals surface area contributed by atoms with E-state index in [9.17, 15) is 4.79 Å². The van der Waals surface area contributed by atoms with Crippen LogP contribution in [0.25, 0.3) is 22.0 Å². The molecule has 0 amide bonds. The minimum absolute atomic E-state index is 0.0755. The highest BCUT2D eigenvalue weighted by molar-refractivity contribution is 5.90. The summed E-state index contributed by atoms with van der Waals surface area (Å²) in [6.07, 6.45) is 0. The van der Waals surface area contributed by atoms with Gasteiger partial charge in [-0.05, 0) is 65.0 Å². The summed E-state index contributed by atoms with van der Waals surface area (Å²) in [5.74, 6) is 2.10. The number of fused-ring (bicyclic) bond motifs is 1. The maximum atomic E-state index is 13.7. The molecule has 0 atom stereocenters. The molecular formula is C29H23NO3. The SMILES string of the molecule is COc1cccc2cc(-c3ccc(Oc4ccccc4)cc3)n(Cc3ccccc3)c(=O)c12. The van der Waals surface area contributed by atoms with Gasteiger partial charge in [-0.1, -0.05) is 60.7 Å². The Kier molecular flexibility index (Phi) is 5.64. The van der Waals surface area contributed by atoms with Crippen molar-refractivity contribution < 1.29 is 9.47 Å². The Labute approximate surface area is 192 Å². The van der Waals surface area contributed by atoms with Crippen LogP contribution in [0, 0.1) is 0 Å². The van der Waals surface area contributed by atoms with Crippen LogP contribution in [0.15, 0.2) is 114 Å². The van der Waals surface area contributed by atoms with E-state index in [-0.39, 0.29) is 5.56 Å². The molecule has 4 heteroatoms. The first-order valence-electron chi connectivity index (χ1n) is 10.8. The van der Waals surface area contributed by atoms with Gasteiger partial charge in [-0.15, -0.1) is 0 Å². The lowest BCUT2D eigenvalue weighted by molar-refractivity contribution is 0.419. The lowest BCUT2D eigenvalue weighted by atomic mass is 10.0. The van der Waals surface area contributed by atoms with E-state index in [1.165, 1.54) is 0 Å². The topological polar surface area (TPSA) is 40.5 Å². The van der Waals surface area contributed by atoms with Crippen LogP contribution in [0.3, 0.4) is 0 Å². The van der Waals surface area contributed by atoms with E-state index in [0.29, 0.717) is 17.7 Å². The fraction of sp³-hybridized carbons (Fsp3) is 0.0690. The minimum atomic E-state index is -0.0755. The van der Waals surface area contributed by atoms with Crippen LogP contribution in [0.1, 0.15) is 5.56 Å². The van der Waals surface area contributed by atoms with Crippen molar-refractivity contribution in [2.45, 2.75) is 6.54 Å². The first-order chi connectivity index (χ1) is 16.2. The van der Waals surface area contributed by atoms with Gasteiger partial charge in [0.15, 0.2) is 0 Å². The molecule has 0 bridgehead atoms. The van der Waals surface area contributed by atoms with Crippen molar-refractivity contribution in [2.24, 2.45) is 0 Å². The molecular weight excluding hydrogens is 410 g/mol. The van der Waals surface area contributed by atoms with Crippen LogP contribution in [0.2, 0.25) is 0 Å². The molecule has 0 radical (unpaired) electrons. The molecule has 0 N–H and O–H groups in total. The molecule has 1 heterocycles. The van der Waals surface area contributed by atoms with Gasteiger partial charge in [0.25, 0.3) is 5.56 Å². The molecule has 0 spiro atoms. The van der Waals surface area contributed by atoms with Crippen LogP contribution >= 0.6 is 0 Å². The molecule has 162 valence electrons. The molecule has 4 aromatic carbocycles. The number of methoxy groups -OCH3 is 1. The van der Waals surface area contributed by atoms with Crippen LogP contribution in [-0.2, 0) is 6.54 Å². The predicted molar refractivity (Wildman–Crippen MR) is 132 cm³/mol. The number of aromatic nitrogens is 1. The van der Waals surface area contributed by atoms with Gasteiger partial charge >= 0.3 is 0 Å². The molecule has 0 unspecified atom stereocenters.